The van der Waals surface area contributed by atoms with Gasteiger partial charge in [0.15, 0.2) is 0 Å². The van der Waals surface area contributed by atoms with Crippen LogP contribution in [-0.2, 0) is 11.2 Å². The van der Waals surface area contributed by atoms with Crippen molar-refractivity contribution in [3.8, 4) is 0 Å². The first-order valence-electron chi connectivity index (χ1n) is 9.32. The van der Waals surface area contributed by atoms with E-state index in [2.05, 4.69) is 53.5 Å². The van der Waals surface area contributed by atoms with Gasteiger partial charge in [0, 0.05) is 12.8 Å². The van der Waals surface area contributed by atoms with Crippen LogP contribution in [0.5, 0.6) is 0 Å². The molecule has 1 N–H and O–H groups in total. The van der Waals surface area contributed by atoms with Crippen molar-refractivity contribution in [1.29, 1.82) is 0 Å². The number of carbonyl (C=O) groups is 1. The minimum Gasteiger partial charge on any atom is -0.466 e. The average Bonchev–Trinajstić information content (AvgIpc) is 3.33. The highest BCUT2D eigenvalue weighted by molar-refractivity contribution is 5.76. The molecule has 1 aromatic carbocycles. The first-order chi connectivity index (χ1) is 13.1. The molecule has 0 fully saturated rings. The Balaban J connectivity index is 1.73. The van der Waals surface area contributed by atoms with E-state index < -0.39 is 0 Å². The van der Waals surface area contributed by atoms with Gasteiger partial charge in [-0.2, -0.15) is 5.10 Å². The molecule has 6 heteroatoms. The van der Waals surface area contributed by atoms with Crippen LogP contribution in [0.3, 0.4) is 0 Å². The molecule has 0 saturated heterocycles. The predicted molar refractivity (Wildman–Crippen MR) is 103 cm³/mol. The first-order valence-corrected chi connectivity index (χ1v) is 9.32. The van der Waals surface area contributed by atoms with Crippen LogP contribution in [0, 0.1) is 13.8 Å². The topological polar surface area (TPSA) is 73.0 Å². The van der Waals surface area contributed by atoms with Gasteiger partial charge in [-0.3, -0.25) is 4.79 Å². The molecule has 2 heterocycles. The Kier molecular flexibility index (Phi) is 6.06. The fraction of sp³-hybridized carbons (Fsp3) is 0.381. The van der Waals surface area contributed by atoms with Crippen LogP contribution < -0.4 is 5.32 Å². The fourth-order valence-corrected chi connectivity index (χ4v) is 3.23. The zero-order chi connectivity index (χ0) is 19.2. The van der Waals surface area contributed by atoms with Crippen molar-refractivity contribution < 1.29 is 9.21 Å². The molecule has 0 aliphatic heterocycles. The lowest BCUT2D eigenvalue weighted by Gasteiger charge is -2.28. The van der Waals surface area contributed by atoms with Gasteiger partial charge >= 0.3 is 0 Å². The summed E-state index contributed by atoms with van der Waals surface area (Å²) < 4.78 is 7.36. The Morgan fingerprint density at radius 1 is 1.19 bits per heavy atom. The average molecular weight is 366 g/mol. The lowest BCUT2D eigenvalue weighted by molar-refractivity contribution is -0.122. The molecule has 0 bridgehead atoms. The molecule has 0 saturated carbocycles. The van der Waals surface area contributed by atoms with E-state index >= 15 is 0 Å². The molecule has 2 unspecified atom stereocenters. The van der Waals surface area contributed by atoms with Crippen molar-refractivity contribution >= 4 is 5.91 Å². The Hall–Kier alpha value is -2.89. The van der Waals surface area contributed by atoms with Crippen LogP contribution in [0.1, 0.15) is 48.5 Å². The minimum absolute atomic E-state index is 0.00753. The number of hydrogen-bond donors (Lipinski definition) is 1. The molecule has 6 nitrogen and oxygen atoms in total. The Morgan fingerprint density at radius 3 is 2.56 bits per heavy atom. The minimum atomic E-state index is -0.104. The van der Waals surface area contributed by atoms with Gasteiger partial charge < -0.3 is 9.73 Å². The lowest BCUT2D eigenvalue weighted by Crippen LogP contribution is -2.41. The number of nitrogens with one attached hydrogen (secondary N) is 1. The van der Waals surface area contributed by atoms with E-state index in [1.807, 2.05) is 23.7 Å². The second-order valence-corrected chi connectivity index (χ2v) is 6.83. The molecule has 27 heavy (non-hydrogen) atoms. The Morgan fingerprint density at radius 2 is 1.96 bits per heavy atom. The van der Waals surface area contributed by atoms with E-state index in [1.165, 1.54) is 11.9 Å². The van der Waals surface area contributed by atoms with Gasteiger partial charge in [0.25, 0.3) is 0 Å². The zero-order valence-electron chi connectivity index (χ0n) is 16.1. The van der Waals surface area contributed by atoms with Crippen molar-refractivity contribution in [1.82, 2.24) is 20.1 Å². The van der Waals surface area contributed by atoms with Crippen molar-refractivity contribution in [2.45, 2.75) is 52.1 Å². The highest BCUT2D eigenvalue weighted by Crippen LogP contribution is 2.24. The molecule has 0 aliphatic rings. The standard InChI is InChI=1S/C21H26N4O2/c1-4-19(24-20(26)12-11-18-10-7-16(3)27-18)21(25-14-22-13-23-25)17-8-5-15(2)6-9-17/h5-10,13-14,19,21H,4,11-12H2,1-3H3,(H,24,26). The quantitative estimate of drug-likeness (QED) is 0.661. The summed E-state index contributed by atoms with van der Waals surface area (Å²) in [4.78, 5) is 16.6. The van der Waals surface area contributed by atoms with Crippen LogP contribution in [0.4, 0.5) is 0 Å². The van der Waals surface area contributed by atoms with E-state index in [1.54, 1.807) is 6.33 Å². The second kappa shape index (κ2) is 8.66. The number of nitrogens with zero attached hydrogens (tertiary/aromatic N) is 3. The maximum Gasteiger partial charge on any atom is 0.220 e. The molecular weight excluding hydrogens is 340 g/mol. The normalized spacial score (nSPS) is 13.3. The van der Waals surface area contributed by atoms with Crippen LogP contribution in [0.15, 0.2) is 53.5 Å². The van der Waals surface area contributed by atoms with Crippen molar-refractivity contribution in [2.24, 2.45) is 0 Å². The van der Waals surface area contributed by atoms with Gasteiger partial charge in [0.2, 0.25) is 5.91 Å². The third-order valence-electron chi connectivity index (χ3n) is 4.70. The van der Waals surface area contributed by atoms with Crippen LogP contribution in [0.2, 0.25) is 0 Å². The summed E-state index contributed by atoms with van der Waals surface area (Å²) in [5.74, 6) is 1.71. The summed E-state index contributed by atoms with van der Waals surface area (Å²) in [5.41, 5.74) is 2.29. The Labute approximate surface area is 159 Å². The largest absolute Gasteiger partial charge is 0.466 e. The molecule has 0 radical (unpaired) electrons. The lowest BCUT2D eigenvalue weighted by atomic mass is 9.96. The van der Waals surface area contributed by atoms with Crippen LogP contribution in [0.25, 0.3) is 0 Å². The molecule has 142 valence electrons. The molecule has 3 rings (SSSR count). The SMILES string of the molecule is CCC(NC(=O)CCc1ccc(C)o1)C(c1ccc(C)cc1)n1cncn1. The maximum absolute atomic E-state index is 12.6. The molecule has 2 aromatic heterocycles. The summed E-state index contributed by atoms with van der Waals surface area (Å²) in [6.45, 7) is 6.03. The van der Waals surface area contributed by atoms with E-state index in [4.69, 9.17) is 4.42 Å². The van der Waals surface area contributed by atoms with E-state index in [0.29, 0.717) is 12.8 Å². The van der Waals surface area contributed by atoms with Crippen molar-refractivity contribution in [3.63, 3.8) is 0 Å². The third-order valence-corrected chi connectivity index (χ3v) is 4.70. The highest BCUT2D eigenvalue weighted by atomic mass is 16.3. The van der Waals surface area contributed by atoms with Gasteiger partial charge in [0.1, 0.15) is 24.2 Å². The summed E-state index contributed by atoms with van der Waals surface area (Å²) in [6, 6.07) is 12.0. The highest BCUT2D eigenvalue weighted by Gasteiger charge is 2.26. The zero-order valence-corrected chi connectivity index (χ0v) is 16.1. The number of carbonyl (C=O) groups excluding carboxylic acids is 1. The smallest absolute Gasteiger partial charge is 0.220 e. The summed E-state index contributed by atoms with van der Waals surface area (Å²) in [5, 5.41) is 7.50. The molecular formula is C21H26N4O2. The predicted octanol–water partition coefficient (Wildman–Crippen LogP) is 3.60. The molecule has 0 spiro atoms. The molecule has 1 amide bonds. The number of amides is 1. The van der Waals surface area contributed by atoms with E-state index in [0.717, 1.165) is 23.5 Å². The van der Waals surface area contributed by atoms with Gasteiger partial charge in [-0.05, 0) is 38.0 Å². The number of hydrogen-bond acceptors (Lipinski definition) is 4. The van der Waals surface area contributed by atoms with Crippen molar-refractivity contribution in [2.75, 3.05) is 0 Å². The number of aromatic nitrogens is 3. The Bertz CT molecular complexity index is 853. The fourth-order valence-electron chi connectivity index (χ4n) is 3.23. The summed E-state index contributed by atoms with van der Waals surface area (Å²) >= 11 is 0. The molecule has 3 aromatic rings. The number of benzene rings is 1. The van der Waals surface area contributed by atoms with E-state index in [9.17, 15) is 4.79 Å². The monoisotopic (exact) mass is 366 g/mol. The number of furan rings is 1. The summed E-state index contributed by atoms with van der Waals surface area (Å²) in [6.07, 6.45) is 4.99. The molecule has 2 atom stereocenters. The van der Waals surface area contributed by atoms with Gasteiger partial charge in [0.05, 0.1) is 12.1 Å². The van der Waals surface area contributed by atoms with Crippen LogP contribution >= 0.6 is 0 Å². The van der Waals surface area contributed by atoms with Gasteiger partial charge in [-0.1, -0.05) is 36.8 Å². The van der Waals surface area contributed by atoms with E-state index in [-0.39, 0.29) is 18.0 Å². The second-order valence-electron chi connectivity index (χ2n) is 6.83. The van der Waals surface area contributed by atoms with Crippen LogP contribution in [-0.4, -0.2) is 26.7 Å². The van der Waals surface area contributed by atoms with Gasteiger partial charge in [-0.15, -0.1) is 0 Å². The summed E-state index contributed by atoms with van der Waals surface area (Å²) in [7, 11) is 0. The third kappa shape index (κ3) is 4.84. The maximum atomic E-state index is 12.6. The first kappa shape index (κ1) is 18.9. The van der Waals surface area contributed by atoms with Gasteiger partial charge in [-0.25, -0.2) is 9.67 Å². The number of rotatable bonds is 8. The van der Waals surface area contributed by atoms with Crippen molar-refractivity contribution in [3.05, 3.63) is 71.7 Å². The number of aryl methyl sites for hydroxylation is 3. The molecule has 0 aliphatic carbocycles.